The highest BCUT2D eigenvalue weighted by atomic mass is 16.7. The van der Waals surface area contributed by atoms with Crippen molar-refractivity contribution in [3.8, 4) is 0 Å². The van der Waals surface area contributed by atoms with Crippen LogP contribution in [0.1, 0.15) is 149 Å². The lowest BCUT2D eigenvalue weighted by Crippen LogP contribution is -2.60. The van der Waals surface area contributed by atoms with Gasteiger partial charge in [0.15, 0.2) is 6.29 Å². The summed E-state index contributed by atoms with van der Waals surface area (Å²) in [5.74, 6) is -0.640. The molecule has 1 fully saturated rings. The van der Waals surface area contributed by atoms with Crippen LogP contribution in [0, 0.1) is 0 Å². The second kappa shape index (κ2) is 32.5. The second-order valence-electron chi connectivity index (χ2n) is 14.2. The molecule has 0 aromatic carbocycles. The van der Waals surface area contributed by atoms with Crippen LogP contribution in [0.4, 0.5) is 0 Å². The molecule has 0 saturated carbocycles. The van der Waals surface area contributed by atoms with Crippen molar-refractivity contribution in [1.82, 2.24) is 5.32 Å². The predicted molar refractivity (Wildman–Crippen MR) is 209 cm³/mol. The third-order valence-corrected chi connectivity index (χ3v) is 9.46. The molecule has 52 heavy (non-hydrogen) atoms. The molecule has 0 spiro atoms. The molecule has 1 aliphatic heterocycles. The van der Waals surface area contributed by atoms with Gasteiger partial charge in [0.25, 0.3) is 0 Å². The van der Waals surface area contributed by atoms with Gasteiger partial charge in [-0.3, -0.25) is 4.79 Å². The Morgan fingerprint density at radius 2 is 1.13 bits per heavy atom. The van der Waals surface area contributed by atoms with Gasteiger partial charge in [-0.25, -0.2) is 0 Å². The SMILES string of the molecule is CCCCC/C=C/CC/C=C/CC/C=C/C(O)C(COC1OC(CO)C(O)C(O)C1O)NC(=O)C(O)CCCCCCCC/C=C\CCCCCC. The number of carbonyl (C=O) groups is 1. The molecule has 1 rings (SSSR count). The first-order chi connectivity index (χ1) is 25.3. The van der Waals surface area contributed by atoms with E-state index in [-0.39, 0.29) is 6.61 Å². The van der Waals surface area contributed by atoms with Crippen LogP contribution in [0.3, 0.4) is 0 Å². The Hall–Kier alpha value is -1.89. The summed E-state index contributed by atoms with van der Waals surface area (Å²) >= 11 is 0. The normalized spacial score (nSPS) is 23.0. The molecule has 8 atom stereocenters. The highest BCUT2D eigenvalue weighted by Crippen LogP contribution is 2.22. The highest BCUT2D eigenvalue weighted by molar-refractivity contribution is 5.80. The fourth-order valence-electron chi connectivity index (χ4n) is 6.01. The summed E-state index contributed by atoms with van der Waals surface area (Å²) in [4.78, 5) is 13.0. The Labute approximate surface area is 315 Å². The maximum absolute atomic E-state index is 13.0. The molecule has 7 N–H and O–H groups in total. The standard InChI is InChI=1S/C42H75NO9/c1-3-5-7-9-11-13-15-17-19-21-23-25-27-29-31-36(46)41(50)43-34(33-51-42-40(49)39(48)38(47)37(32-44)52-42)35(45)30-28-26-24-22-20-18-16-14-12-10-8-6-4-2/h12-15,20,22,28,30,34-40,42,44-49H,3-11,16-19,21,23-27,29,31-33H2,1-2H3,(H,43,50)/b14-12+,15-13-,22-20+,30-28+. The number of aliphatic hydroxyl groups is 6. The first-order valence-electron chi connectivity index (χ1n) is 20.5. The van der Waals surface area contributed by atoms with E-state index < -0.39 is 61.5 Å². The molecular formula is C42H75NO9. The van der Waals surface area contributed by atoms with Crippen molar-refractivity contribution in [3.05, 3.63) is 48.6 Å². The molecule has 0 bridgehead atoms. The number of unbranched alkanes of at least 4 members (excludes halogenated alkanes) is 15. The molecule has 0 aliphatic carbocycles. The van der Waals surface area contributed by atoms with Gasteiger partial charge in [0.1, 0.15) is 30.5 Å². The van der Waals surface area contributed by atoms with Crippen LogP contribution in [0.5, 0.6) is 0 Å². The number of rotatable bonds is 32. The first kappa shape index (κ1) is 48.1. The third kappa shape index (κ3) is 23.0. The zero-order valence-corrected chi connectivity index (χ0v) is 32.4. The van der Waals surface area contributed by atoms with Crippen molar-refractivity contribution >= 4 is 5.91 Å². The Morgan fingerprint density at radius 1 is 0.654 bits per heavy atom. The van der Waals surface area contributed by atoms with E-state index in [1.807, 2.05) is 6.08 Å². The molecule has 1 amide bonds. The maximum Gasteiger partial charge on any atom is 0.249 e. The van der Waals surface area contributed by atoms with Gasteiger partial charge in [-0.1, -0.05) is 127 Å². The number of aliphatic hydroxyl groups excluding tert-OH is 6. The van der Waals surface area contributed by atoms with Crippen molar-refractivity contribution in [2.75, 3.05) is 13.2 Å². The maximum atomic E-state index is 13.0. The van der Waals surface area contributed by atoms with Crippen molar-refractivity contribution in [1.29, 1.82) is 0 Å². The molecular weight excluding hydrogens is 662 g/mol. The summed E-state index contributed by atoms with van der Waals surface area (Å²) in [5, 5.41) is 64.3. The second-order valence-corrected chi connectivity index (χ2v) is 14.2. The smallest absolute Gasteiger partial charge is 0.249 e. The summed E-state index contributed by atoms with van der Waals surface area (Å²) < 4.78 is 11.1. The minimum absolute atomic E-state index is 0.291. The average Bonchev–Trinajstić information content (AvgIpc) is 3.14. The molecule has 0 aromatic rings. The molecule has 10 heteroatoms. The van der Waals surface area contributed by atoms with Crippen LogP contribution < -0.4 is 5.32 Å². The number of allylic oxidation sites excluding steroid dienone is 7. The quantitative estimate of drug-likeness (QED) is 0.0303. The Balaban J connectivity index is 2.54. The lowest BCUT2D eigenvalue weighted by molar-refractivity contribution is -0.302. The van der Waals surface area contributed by atoms with Crippen molar-refractivity contribution in [3.63, 3.8) is 0 Å². The number of hydrogen-bond acceptors (Lipinski definition) is 9. The number of amides is 1. The molecule has 0 aromatic heterocycles. The summed E-state index contributed by atoms with van der Waals surface area (Å²) in [7, 11) is 0. The summed E-state index contributed by atoms with van der Waals surface area (Å²) in [6, 6.07) is -1.00. The van der Waals surface area contributed by atoms with Crippen molar-refractivity contribution in [2.24, 2.45) is 0 Å². The van der Waals surface area contributed by atoms with Crippen LogP contribution in [0.15, 0.2) is 48.6 Å². The zero-order valence-electron chi connectivity index (χ0n) is 32.4. The molecule has 0 radical (unpaired) electrons. The Morgan fingerprint density at radius 3 is 1.71 bits per heavy atom. The van der Waals surface area contributed by atoms with Gasteiger partial charge < -0.3 is 45.4 Å². The summed E-state index contributed by atoms with van der Waals surface area (Å²) in [6.07, 6.45) is 29.1. The molecule has 1 saturated heterocycles. The van der Waals surface area contributed by atoms with E-state index in [0.717, 1.165) is 57.8 Å². The van der Waals surface area contributed by atoms with E-state index in [2.05, 4.69) is 55.6 Å². The van der Waals surface area contributed by atoms with Crippen molar-refractivity contribution in [2.45, 2.75) is 198 Å². The van der Waals surface area contributed by atoms with Gasteiger partial charge in [-0.05, 0) is 70.6 Å². The van der Waals surface area contributed by atoms with Gasteiger partial charge in [0.2, 0.25) is 5.91 Å². The lowest BCUT2D eigenvalue weighted by atomic mass is 9.99. The van der Waals surface area contributed by atoms with Crippen LogP contribution in [-0.4, -0.2) is 98.7 Å². The van der Waals surface area contributed by atoms with E-state index in [1.165, 1.54) is 57.8 Å². The molecule has 1 heterocycles. The average molecular weight is 738 g/mol. The fourth-order valence-corrected chi connectivity index (χ4v) is 6.01. The van der Waals surface area contributed by atoms with E-state index in [4.69, 9.17) is 9.47 Å². The largest absolute Gasteiger partial charge is 0.394 e. The van der Waals surface area contributed by atoms with Gasteiger partial charge in [-0.15, -0.1) is 0 Å². The topological polar surface area (TPSA) is 169 Å². The van der Waals surface area contributed by atoms with Crippen LogP contribution >= 0.6 is 0 Å². The number of carbonyl (C=O) groups excluding carboxylic acids is 1. The summed E-state index contributed by atoms with van der Waals surface area (Å²) in [6.45, 7) is 3.50. The zero-order chi connectivity index (χ0) is 38.2. The van der Waals surface area contributed by atoms with Gasteiger partial charge >= 0.3 is 0 Å². The molecule has 10 nitrogen and oxygen atoms in total. The minimum Gasteiger partial charge on any atom is -0.394 e. The van der Waals surface area contributed by atoms with Crippen molar-refractivity contribution < 1.29 is 44.9 Å². The minimum atomic E-state index is -1.62. The lowest BCUT2D eigenvalue weighted by Gasteiger charge is -2.40. The van der Waals surface area contributed by atoms with Gasteiger partial charge in [-0.2, -0.15) is 0 Å². The third-order valence-electron chi connectivity index (χ3n) is 9.46. The van der Waals surface area contributed by atoms with Gasteiger partial charge in [0.05, 0.1) is 25.4 Å². The number of hydrogen-bond donors (Lipinski definition) is 7. The first-order valence-corrected chi connectivity index (χ1v) is 20.5. The highest BCUT2D eigenvalue weighted by Gasteiger charge is 2.44. The van der Waals surface area contributed by atoms with Crippen LogP contribution in [-0.2, 0) is 14.3 Å². The van der Waals surface area contributed by atoms with Gasteiger partial charge in [0, 0.05) is 0 Å². The monoisotopic (exact) mass is 738 g/mol. The van der Waals surface area contributed by atoms with Crippen LogP contribution in [0.2, 0.25) is 0 Å². The number of nitrogens with one attached hydrogen (secondary N) is 1. The van der Waals surface area contributed by atoms with E-state index in [1.54, 1.807) is 6.08 Å². The molecule has 1 aliphatic rings. The van der Waals surface area contributed by atoms with E-state index >= 15 is 0 Å². The number of ether oxygens (including phenoxy) is 2. The molecule has 8 unspecified atom stereocenters. The summed E-state index contributed by atoms with van der Waals surface area (Å²) in [5.41, 5.74) is 0. The van der Waals surface area contributed by atoms with E-state index in [9.17, 15) is 35.4 Å². The van der Waals surface area contributed by atoms with Crippen LogP contribution in [0.25, 0.3) is 0 Å². The van der Waals surface area contributed by atoms with E-state index in [0.29, 0.717) is 19.3 Å². The fraction of sp³-hybridized carbons (Fsp3) is 0.786. The predicted octanol–water partition coefficient (Wildman–Crippen LogP) is 6.47. The Kier molecular flexibility index (Phi) is 30.1. The molecule has 302 valence electrons. The Bertz CT molecular complexity index is 969.